The zero-order valence-electron chi connectivity index (χ0n) is 6.47. The average molecular weight is 274 g/mol. The maximum atomic E-state index is 5.17. The number of fused-ring (bicyclic) bond motifs is 1. The van der Waals surface area contributed by atoms with Gasteiger partial charge >= 0.3 is 0 Å². The quantitative estimate of drug-likeness (QED) is 0.809. The van der Waals surface area contributed by atoms with Crippen molar-refractivity contribution in [2.24, 2.45) is 0 Å². The maximum Gasteiger partial charge on any atom is 0.146 e. The van der Waals surface area contributed by atoms with Gasteiger partial charge in [0.2, 0.25) is 0 Å². The fraction of sp³-hybridized carbons (Fsp3) is 0.125. The summed E-state index contributed by atoms with van der Waals surface area (Å²) in [6.07, 6.45) is 3.66. The molecule has 2 rings (SSSR count). The van der Waals surface area contributed by atoms with Crippen LogP contribution in [-0.2, 0) is 0 Å². The number of nitrogens with zero attached hydrogens (tertiary/aromatic N) is 1. The van der Waals surface area contributed by atoms with Crippen LogP contribution in [0, 0.1) is 3.57 Å². The predicted molar refractivity (Wildman–Crippen MR) is 55.4 cm³/mol. The summed E-state index contributed by atoms with van der Waals surface area (Å²) < 4.78 is 6.28. The topological polar surface area (TPSA) is 37.9 Å². The highest BCUT2D eigenvalue weighted by atomic mass is 127. The zero-order valence-corrected chi connectivity index (χ0v) is 8.62. The molecule has 0 bridgehead atoms. The first-order valence-electron chi connectivity index (χ1n) is 3.48. The Morgan fingerprint density at radius 2 is 2.42 bits per heavy atom. The summed E-state index contributed by atoms with van der Waals surface area (Å²) in [5.74, 6) is 0.836. The second-order valence-corrected chi connectivity index (χ2v) is 3.54. The Kier molecular flexibility index (Phi) is 1.92. The van der Waals surface area contributed by atoms with Crippen LogP contribution >= 0.6 is 22.6 Å². The number of halogens is 1. The van der Waals surface area contributed by atoms with E-state index in [4.69, 9.17) is 4.74 Å². The minimum absolute atomic E-state index is 0.836. The lowest BCUT2D eigenvalue weighted by molar-refractivity contribution is 0.418. The smallest absolute Gasteiger partial charge is 0.146 e. The van der Waals surface area contributed by atoms with Gasteiger partial charge in [-0.25, -0.2) is 0 Å². The molecule has 2 aromatic heterocycles. The van der Waals surface area contributed by atoms with Gasteiger partial charge in [0.05, 0.1) is 10.7 Å². The van der Waals surface area contributed by atoms with Gasteiger partial charge in [0.25, 0.3) is 0 Å². The number of aromatic nitrogens is 2. The number of rotatable bonds is 1. The van der Waals surface area contributed by atoms with Crippen LogP contribution < -0.4 is 4.74 Å². The van der Waals surface area contributed by atoms with E-state index in [-0.39, 0.29) is 0 Å². The summed E-state index contributed by atoms with van der Waals surface area (Å²) in [7, 11) is 1.66. The largest absolute Gasteiger partial charge is 0.494 e. The van der Waals surface area contributed by atoms with Crippen molar-refractivity contribution in [2.75, 3.05) is 7.11 Å². The molecule has 3 nitrogen and oxygen atoms in total. The van der Waals surface area contributed by atoms with E-state index < -0.39 is 0 Å². The molecule has 2 heterocycles. The maximum absolute atomic E-state index is 5.17. The molecular weight excluding hydrogens is 267 g/mol. The molecule has 0 aliphatic carbocycles. The molecule has 0 saturated carbocycles. The molecule has 0 fully saturated rings. The molecule has 0 aliphatic heterocycles. The molecule has 0 spiro atoms. The van der Waals surface area contributed by atoms with E-state index in [1.165, 1.54) is 0 Å². The lowest BCUT2D eigenvalue weighted by Crippen LogP contribution is -1.85. The second-order valence-electron chi connectivity index (χ2n) is 2.37. The summed E-state index contributed by atoms with van der Waals surface area (Å²) >= 11 is 2.24. The van der Waals surface area contributed by atoms with Crippen molar-refractivity contribution in [3.63, 3.8) is 0 Å². The molecule has 0 amide bonds. The van der Waals surface area contributed by atoms with E-state index in [2.05, 4.69) is 32.6 Å². The molecule has 62 valence electrons. The van der Waals surface area contributed by atoms with Gasteiger partial charge in [-0.05, 0) is 22.6 Å². The number of nitrogens with one attached hydrogen (secondary N) is 1. The predicted octanol–water partition coefficient (Wildman–Crippen LogP) is 2.18. The van der Waals surface area contributed by atoms with Crippen molar-refractivity contribution in [1.82, 2.24) is 9.97 Å². The first-order valence-corrected chi connectivity index (χ1v) is 4.56. The first-order chi connectivity index (χ1) is 5.83. The summed E-state index contributed by atoms with van der Waals surface area (Å²) in [6, 6.07) is 1.84. The first kappa shape index (κ1) is 7.85. The van der Waals surface area contributed by atoms with Gasteiger partial charge in [0.15, 0.2) is 0 Å². The fourth-order valence-corrected chi connectivity index (χ4v) is 1.70. The Bertz CT molecular complexity index is 410. The number of hydrogen-bond acceptors (Lipinski definition) is 2. The van der Waals surface area contributed by atoms with Crippen molar-refractivity contribution in [1.29, 1.82) is 0 Å². The summed E-state index contributed by atoms with van der Waals surface area (Å²) in [4.78, 5) is 7.34. The van der Waals surface area contributed by atoms with Gasteiger partial charge in [-0.2, -0.15) is 0 Å². The van der Waals surface area contributed by atoms with Crippen LogP contribution in [0.1, 0.15) is 0 Å². The van der Waals surface area contributed by atoms with E-state index in [1.54, 1.807) is 13.3 Å². The van der Waals surface area contributed by atoms with Crippen molar-refractivity contribution in [2.45, 2.75) is 0 Å². The number of pyridine rings is 1. The monoisotopic (exact) mass is 274 g/mol. The third-order valence-corrected chi connectivity index (χ3v) is 2.52. The van der Waals surface area contributed by atoms with Gasteiger partial charge in [-0.3, -0.25) is 4.98 Å². The van der Waals surface area contributed by atoms with Crippen molar-refractivity contribution < 1.29 is 4.74 Å². The average Bonchev–Trinajstić information content (AvgIpc) is 2.48. The number of ether oxygens (including phenoxy) is 1. The van der Waals surface area contributed by atoms with Gasteiger partial charge in [-0.1, -0.05) is 0 Å². The highest BCUT2D eigenvalue weighted by molar-refractivity contribution is 14.1. The van der Waals surface area contributed by atoms with Crippen LogP contribution in [0.5, 0.6) is 5.75 Å². The Labute approximate surface area is 83.3 Å². The molecule has 0 aromatic carbocycles. The van der Waals surface area contributed by atoms with E-state index in [0.29, 0.717) is 0 Å². The second kappa shape index (κ2) is 2.93. The highest BCUT2D eigenvalue weighted by Crippen LogP contribution is 2.25. The van der Waals surface area contributed by atoms with E-state index in [1.807, 2.05) is 12.3 Å². The van der Waals surface area contributed by atoms with Crippen LogP contribution in [0.4, 0.5) is 0 Å². The molecule has 2 aromatic rings. The van der Waals surface area contributed by atoms with Crippen molar-refractivity contribution >= 4 is 33.6 Å². The lowest BCUT2D eigenvalue weighted by atomic mass is 10.3. The van der Waals surface area contributed by atoms with Gasteiger partial charge in [0.1, 0.15) is 16.8 Å². The Balaban J connectivity index is 2.81. The summed E-state index contributed by atoms with van der Waals surface area (Å²) in [5.41, 5.74) is 1.93. The lowest BCUT2D eigenvalue weighted by Gasteiger charge is -1.99. The minimum Gasteiger partial charge on any atom is -0.494 e. The van der Waals surface area contributed by atoms with E-state index in [9.17, 15) is 0 Å². The van der Waals surface area contributed by atoms with Gasteiger partial charge < -0.3 is 9.72 Å². The summed E-state index contributed by atoms with van der Waals surface area (Å²) in [5, 5.41) is 0. The van der Waals surface area contributed by atoms with Crippen molar-refractivity contribution in [3.05, 3.63) is 22.0 Å². The number of H-pyrrole nitrogens is 1. The van der Waals surface area contributed by atoms with Crippen LogP contribution in [0.3, 0.4) is 0 Å². The Morgan fingerprint density at radius 3 is 3.17 bits per heavy atom. The third-order valence-electron chi connectivity index (χ3n) is 1.70. The Hall–Kier alpha value is -0.780. The molecule has 1 N–H and O–H groups in total. The van der Waals surface area contributed by atoms with E-state index in [0.717, 1.165) is 20.4 Å². The third kappa shape index (κ3) is 1.06. The summed E-state index contributed by atoms with van der Waals surface area (Å²) in [6.45, 7) is 0. The van der Waals surface area contributed by atoms with Crippen LogP contribution in [-0.4, -0.2) is 17.1 Å². The highest BCUT2D eigenvalue weighted by Gasteiger charge is 2.05. The molecule has 0 aliphatic rings. The van der Waals surface area contributed by atoms with Gasteiger partial charge in [0, 0.05) is 18.5 Å². The normalized spacial score (nSPS) is 10.5. The SMILES string of the molecule is COc1ccnc2c(I)c[nH]c12. The van der Waals surface area contributed by atoms with Crippen LogP contribution in [0.15, 0.2) is 18.5 Å². The minimum atomic E-state index is 0.836. The van der Waals surface area contributed by atoms with Crippen LogP contribution in [0.25, 0.3) is 11.0 Å². The molecule has 0 radical (unpaired) electrons. The molecule has 0 unspecified atom stereocenters. The fourth-order valence-electron chi connectivity index (χ4n) is 1.14. The molecule has 0 saturated heterocycles. The van der Waals surface area contributed by atoms with Crippen LogP contribution in [0.2, 0.25) is 0 Å². The van der Waals surface area contributed by atoms with Crippen molar-refractivity contribution in [3.8, 4) is 5.75 Å². The van der Waals surface area contributed by atoms with Gasteiger partial charge in [-0.15, -0.1) is 0 Å². The number of aromatic amines is 1. The number of methoxy groups -OCH3 is 1. The number of hydrogen-bond donors (Lipinski definition) is 1. The molecule has 0 atom stereocenters. The standard InChI is InChI=1S/C8H7IN2O/c1-12-6-2-3-10-7-5(9)4-11-8(6)7/h2-4,11H,1H3. The zero-order chi connectivity index (χ0) is 8.55. The molecular formula is C8H7IN2O. The van der Waals surface area contributed by atoms with E-state index >= 15 is 0 Å². The Morgan fingerprint density at radius 1 is 1.58 bits per heavy atom. The molecule has 4 heteroatoms. The molecule has 12 heavy (non-hydrogen) atoms.